The molecule has 2 fully saturated rings. The average molecular weight is 253 g/mol. The van der Waals surface area contributed by atoms with E-state index in [2.05, 4.69) is 22.5 Å². The van der Waals surface area contributed by atoms with Gasteiger partial charge in [-0.3, -0.25) is 9.69 Å². The van der Waals surface area contributed by atoms with Gasteiger partial charge in [-0.25, -0.2) is 0 Å². The maximum absolute atomic E-state index is 11.9. The van der Waals surface area contributed by atoms with Crippen LogP contribution < -0.4 is 10.6 Å². The van der Waals surface area contributed by atoms with Crippen LogP contribution in [0.4, 0.5) is 0 Å². The van der Waals surface area contributed by atoms with Crippen LogP contribution in [0.1, 0.15) is 32.6 Å². The van der Waals surface area contributed by atoms with E-state index in [9.17, 15) is 4.79 Å². The van der Waals surface area contributed by atoms with Gasteiger partial charge in [0.25, 0.3) is 0 Å². The smallest absolute Gasteiger partial charge is 0.238 e. The van der Waals surface area contributed by atoms with Crippen LogP contribution in [0.3, 0.4) is 0 Å². The maximum Gasteiger partial charge on any atom is 0.238 e. The number of hydrogen-bond donors (Lipinski definition) is 2. The van der Waals surface area contributed by atoms with Gasteiger partial charge in [0, 0.05) is 33.2 Å². The highest BCUT2D eigenvalue weighted by Crippen LogP contribution is 2.29. The molecule has 1 aliphatic heterocycles. The average Bonchev–Trinajstić information content (AvgIpc) is 2.41. The molecule has 1 saturated carbocycles. The number of rotatable bonds is 3. The number of nitrogens with zero attached hydrogens (tertiary/aromatic N) is 1. The van der Waals surface area contributed by atoms with Gasteiger partial charge in [0.2, 0.25) is 5.91 Å². The minimum atomic E-state index is 0.0306. The molecule has 0 aromatic rings. The Labute approximate surface area is 110 Å². The molecule has 2 aliphatic rings. The summed E-state index contributed by atoms with van der Waals surface area (Å²) < 4.78 is 0. The van der Waals surface area contributed by atoms with Crippen molar-refractivity contribution in [2.45, 2.75) is 38.6 Å². The molecule has 0 bridgehead atoms. The standard InChI is InChI=1S/C14H27N3O/c1-11-3-5-12(6-4-11)10-17-8-7-16-9-13(17)14(18)15-2/h11-13,16H,3-10H2,1-2H3,(H,15,18). The fraction of sp³-hybridized carbons (Fsp3) is 0.929. The Balaban J connectivity index is 1.87. The Bertz CT molecular complexity index is 274. The molecular formula is C14H27N3O. The molecule has 0 radical (unpaired) electrons. The Kier molecular flexibility index (Phi) is 5.01. The van der Waals surface area contributed by atoms with Crippen molar-refractivity contribution in [2.75, 3.05) is 33.2 Å². The lowest BCUT2D eigenvalue weighted by Crippen LogP contribution is -2.58. The van der Waals surface area contributed by atoms with Gasteiger partial charge in [0.15, 0.2) is 0 Å². The van der Waals surface area contributed by atoms with E-state index in [1.165, 1.54) is 25.7 Å². The van der Waals surface area contributed by atoms with Gasteiger partial charge >= 0.3 is 0 Å². The summed E-state index contributed by atoms with van der Waals surface area (Å²) in [5.41, 5.74) is 0. The summed E-state index contributed by atoms with van der Waals surface area (Å²) in [7, 11) is 1.73. The van der Waals surface area contributed by atoms with Gasteiger partial charge < -0.3 is 10.6 Å². The van der Waals surface area contributed by atoms with Crippen LogP contribution in [0.15, 0.2) is 0 Å². The summed E-state index contributed by atoms with van der Waals surface area (Å²) in [5.74, 6) is 1.86. The van der Waals surface area contributed by atoms with E-state index >= 15 is 0 Å². The zero-order valence-corrected chi connectivity index (χ0v) is 11.7. The summed E-state index contributed by atoms with van der Waals surface area (Å²) in [4.78, 5) is 14.3. The lowest BCUT2D eigenvalue weighted by molar-refractivity contribution is -0.126. The SMILES string of the molecule is CNC(=O)C1CNCCN1CC1CCC(C)CC1. The Morgan fingerprint density at radius 2 is 2.06 bits per heavy atom. The lowest BCUT2D eigenvalue weighted by atomic mass is 9.82. The summed E-state index contributed by atoms with van der Waals surface area (Å²) in [6.07, 6.45) is 5.40. The van der Waals surface area contributed by atoms with Crippen LogP contribution in [0.2, 0.25) is 0 Å². The molecule has 0 aromatic heterocycles. The molecule has 1 amide bonds. The van der Waals surface area contributed by atoms with Crippen LogP contribution in [0.5, 0.6) is 0 Å². The number of carbonyl (C=O) groups is 1. The molecule has 1 atom stereocenters. The molecule has 1 saturated heterocycles. The number of hydrogen-bond acceptors (Lipinski definition) is 3. The topological polar surface area (TPSA) is 44.4 Å². The molecule has 4 nitrogen and oxygen atoms in total. The zero-order chi connectivity index (χ0) is 13.0. The fourth-order valence-corrected chi connectivity index (χ4v) is 3.23. The molecule has 4 heteroatoms. The predicted octanol–water partition coefficient (Wildman–Crippen LogP) is 0.833. The molecule has 2 rings (SSSR count). The quantitative estimate of drug-likeness (QED) is 0.783. The number of amides is 1. The predicted molar refractivity (Wildman–Crippen MR) is 73.4 cm³/mol. The van der Waals surface area contributed by atoms with Gasteiger partial charge in [-0.15, -0.1) is 0 Å². The largest absolute Gasteiger partial charge is 0.358 e. The second kappa shape index (κ2) is 6.53. The molecule has 18 heavy (non-hydrogen) atoms. The molecule has 0 spiro atoms. The van der Waals surface area contributed by atoms with Crippen molar-refractivity contribution in [3.8, 4) is 0 Å². The van der Waals surface area contributed by atoms with Crippen molar-refractivity contribution in [3.05, 3.63) is 0 Å². The van der Waals surface area contributed by atoms with E-state index in [1.54, 1.807) is 7.05 Å². The molecule has 1 unspecified atom stereocenters. The van der Waals surface area contributed by atoms with Crippen molar-refractivity contribution < 1.29 is 4.79 Å². The number of likely N-dealkylation sites (N-methyl/N-ethyl adjacent to an activating group) is 1. The highest BCUT2D eigenvalue weighted by molar-refractivity contribution is 5.81. The van der Waals surface area contributed by atoms with E-state index in [0.29, 0.717) is 0 Å². The molecule has 0 aromatic carbocycles. The highest BCUT2D eigenvalue weighted by Gasteiger charge is 2.30. The van der Waals surface area contributed by atoms with Gasteiger partial charge in [0.1, 0.15) is 6.04 Å². The summed E-state index contributed by atoms with van der Waals surface area (Å²) >= 11 is 0. The third-order valence-electron chi connectivity index (χ3n) is 4.53. The fourth-order valence-electron chi connectivity index (χ4n) is 3.23. The normalized spacial score (nSPS) is 34.2. The first kappa shape index (κ1) is 13.8. The van der Waals surface area contributed by atoms with E-state index in [-0.39, 0.29) is 11.9 Å². The number of carbonyl (C=O) groups excluding carboxylic acids is 1. The van der Waals surface area contributed by atoms with Gasteiger partial charge in [0.05, 0.1) is 0 Å². The summed E-state index contributed by atoms with van der Waals surface area (Å²) in [6, 6.07) is 0.0306. The van der Waals surface area contributed by atoms with E-state index in [1.807, 2.05) is 0 Å². The van der Waals surface area contributed by atoms with Crippen LogP contribution >= 0.6 is 0 Å². The van der Waals surface area contributed by atoms with Crippen molar-refractivity contribution in [2.24, 2.45) is 11.8 Å². The summed E-state index contributed by atoms with van der Waals surface area (Å²) in [6.45, 7) is 6.27. The molecule has 104 valence electrons. The monoisotopic (exact) mass is 253 g/mol. The van der Waals surface area contributed by atoms with Crippen molar-refractivity contribution in [1.29, 1.82) is 0 Å². The molecular weight excluding hydrogens is 226 g/mol. The van der Waals surface area contributed by atoms with Gasteiger partial charge in [-0.2, -0.15) is 0 Å². The third-order valence-corrected chi connectivity index (χ3v) is 4.53. The maximum atomic E-state index is 11.9. The first-order valence-electron chi connectivity index (χ1n) is 7.37. The van der Waals surface area contributed by atoms with Gasteiger partial charge in [-0.05, 0) is 24.7 Å². The van der Waals surface area contributed by atoms with Crippen LogP contribution in [0.25, 0.3) is 0 Å². The molecule has 1 heterocycles. The third kappa shape index (κ3) is 3.45. The minimum absolute atomic E-state index is 0.0306. The second-order valence-electron chi connectivity index (χ2n) is 5.96. The Morgan fingerprint density at radius 3 is 2.72 bits per heavy atom. The summed E-state index contributed by atoms with van der Waals surface area (Å²) in [5, 5.41) is 6.11. The van der Waals surface area contributed by atoms with Crippen molar-refractivity contribution >= 4 is 5.91 Å². The van der Waals surface area contributed by atoms with Crippen LogP contribution in [-0.2, 0) is 4.79 Å². The van der Waals surface area contributed by atoms with E-state index in [0.717, 1.165) is 38.0 Å². The molecule has 2 N–H and O–H groups in total. The first-order chi connectivity index (χ1) is 8.70. The minimum Gasteiger partial charge on any atom is -0.358 e. The first-order valence-corrected chi connectivity index (χ1v) is 7.37. The highest BCUT2D eigenvalue weighted by atomic mass is 16.2. The second-order valence-corrected chi connectivity index (χ2v) is 5.96. The van der Waals surface area contributed by atoms with E-state index < -0.39 is 0 Å². The molecule has 1 aliphatic carbocycles. The Hall–Kier alpha value is -0.610. The van der Waals surface area contributed by atoms with Crippen molar-refractivity contribution in [1.82, 2.24) is 15.5 Å². The van der Waals surface area contributed by atoms with E-state index in [4.69, 9.17) is 0 Å². The zero-order valence-electron chi connectivity index (χ0n) is 11.7. The number of piperazine rings is 1. The number of nitrogens with one attached hydrogen (secondary N) is 2. The van der Waals surface area contributed by atoms with Crippen LogP contribution in [-0.4, -0.2) is 50.1 Å². The lowest BCUT2D eigenvalue weighted by Gasteiger charge is -2.38. The van der Waals surface area contributed by atoms with Gasteiger partial charge in [-0.1, -0.05) is 19.8 Å². The van der Waals surface area contributed by atoms with Crippen molar-refractivity contribution in [3.63, 3.8) is 0 Å². The van der Waals surface area contributed by atoms with Crippen LogP contribution in [0, 0.1) is 11.8 Å². The Morgan fingerprint density at radius 1 is 1.33 bits per heavy atom.